The van der Waals surface area contributed by atoms with Crippen LogP contribution in [0.4, 0.5) is 5.95 Å². The lowest BCUT2D eigenvalue weighted by atomic mass is 10.1. The number of aromatic nitrogens is 3. The zero-order valence-corrected chi connectivity index (χ0v) is 11.1. The Morgan fingerprint density at radius 1 is 1.45 bits per heavy atom. The van der Waals surface area contributed by atoms with Gasteiger partial charge in [0.2, 0.25) is 5.95 Å². The van der Waals surface area contributed by atoms with Gasteiger partial charge < -0.3 is 25.1 Å². The van der Waals surface area contributed by atoms with Gasteiger partial charge in [0.25, 0.3) is 0 Å². The number of nitrogens with two attached hydrogens (primary N) is 1. The molecular weight excluding hydrogens is 268 g/mol. The summed E-state index contributed by atoms with van der Waals surface area (Å²) in [4.78, 5) is 19.2. The molecule has 110 valence electrons. The normalized spacial score (nSPS) is 35.1. The van der Waals surface area contributed by atoms with Crippen LogP contribution >= 0.6 is 0 Å². The second-order valence-electron chi connectivity index (χ2n) is 5.22. The second-order valence-corrected chi connectivity index (χ2v) is 5.22. The number of fused-ring (bicyclic) bond motifs is 1. The molecule has 1 aromatic heterocycles. The predicted octanol–water partition coefficient (Wildman–Crippen LogP) is -1.37. The van der Waals surface area contributed by atoms with E-state index in [1.807, 2.05) is 0 Å². The van der Waals surface area contributed by atoms with Crippen molar-refractivity contribution in [2.75, 3.05) is 12.3 Å². The van der Waals surface area contributed by atoms with E-state index in [1.165, 1.54) is 10.9 Å². The van der Waals surface area contributed by atoms with Crippen molar-refractivity contribution in [1.29, 1.82) is 0 Å². The highest BCUT2D eigenvalue weighted by Gasteiger charge is 2.55. The van der Waals surface area contributed by atoms with Gasteiger partial charge in [0.05, 0.1) is 6.61 Å². The highest BCUT2D eigenvalue weighted by molar-refractivity contribution is 5.10. The van der Waals surface area contributed by atoms with E-state index in [9.17, 15) is 9.90 Å². The fraction of sp³-hybridized carbons (Fsp3) is 0.727. The number of nitrogens with zero attached hydrogens (tertiary/aromatic N) is 3. The maximum absolute atomic E-state index is 11.9. The summed E-state index contributed by atoms with van der Waals surface area (Å²) in [7, 11) is 0. The van der Waals surface area contributed by atoms with Crippen LogP contribution in [0.5, 0.6) is 0 Å². The molecule has 2 aliphatic heterocycles. The topological polar surface area (TPSA) is 122 Å². The van der Waals surface area contributed by atoms with E-state index in [4.69, 9.17) is 19.9 Å². The largest absolute Gasteiger partial charge is 0.394 e. The Kier molecular flexibility index (Phi) is 3.01. The summed E-state index contributed by atoms with van der Waals surface area (Å²) in [5, 5.41) is 9.36. The van der Waals surface area contributed by atoms with Crippen molar-refractivity contribution >= 4 is 5.95 Å². The van der Waals surface area contributed by atoms with Crippen molar-refractivity contribution in [1.82, 2.24) is 14.5 Å². The van der Waals surface area contributed by atoms with Gasteiger partial charge in [0, 0.05) is 0 Å². The molecule has 20 heavy (non-hydrogen) atoms. The average molecular weight is 284 g/mol. The van der Waals surface area contributed by atoms with E-state index in [-0.39, 0.29) is 12.6 Å². The van der Waals surface area contributed by atoms with Crippen LogP contribution in [0.3, 0.4) is 0 Å². The van der Waals surface area contributed by atoms with Crippen molar-refractivity contribution in [2.45, 2.75) is 44.2 Å². The fourth-order valence-electron chi connectivity index (χ4n) is 2.56. The lowest BCUT2D eigenvalue weighted by Gasteiger charge is -2.24. The molecule has 2 aliphatic rings. The van der Waals surface area contributed by atoms with E-state index in [0.717, 1.165) is 0 Å². The molecule has 0 amide bonds. The van der Waals surface area contributed by atoms with Crippen LogP contribution in [0.25, 0.3) is 0 Å². The van der Waals surface area contributed by atoms with Gasteiger partial charge in [-0.05, 0) is 13.8 Å². The number of rotatable bonds is 2. The second kappa shape index (κ2) is 4.48. The minimum absolute atomic E-state index is 0.108. The van der Waals surface area contributed by atoms with E-state index in [1.54, 1.807) is 13.8 Å². The summed E-state index contributed by atoms with van der Waals surface area (Å²) in [6, 6.07) is 0. The number of hydrogen-bond donors (Lipinski definition) is 2. The van der Waals surface area contributed by atoms with Crippen molar-refractivity contribution in [2.24, 2.45) is 0 Å². The van der Waals surface area contributed by atoms with E-state index in [2.05, 4.69) is 9.97 Å². The summed E-state index contributed by atoms with van der Waals surface area (Å²) in [6.07, 6.45) is -1.05. The van der Waals surface area contributed by atoms with Crippen molar-refractivity contribution in [3.8, 4) is 0 Å². The zero-order chi connectivity index (χ0) is 14.5. The van der Waals surface area contributed by atoms with Crippen LogP contribution in [-0.4, -0.2) is 50.3 Å². The average Bonchev–Trinajstić information content (AvgIpc) is 2.83. The fourth-order valence-corrected chi connectivity index (χ4v) is 2.56. The van der Waals surface area contributed by atoms with Crippen LogP contribution in [0, 0.1) is 0 Å². The first kappa shape index (κ1) is 13.4. The van der Waals surface area contributed by atoms with Gasteiger partial charge in [0.15, 0.2) is 12.0 Å². The molecule has 0 spiro atoms. The van der Waals surface area contributed by atoms with Gasteiger partial charge in [-0.15, -0.1) is 0 Å². The third-order valence-corrected chi connectivity index (χ3v) is 3.32. The molecule has 1 aromatic rings. The third kappa shape index (κ3) is 2.08. The summed E-state index contributed by atoms with van der Waals surface area (Å²) in [5.74, 6) is -0.910. The SMILES string of the molecule is CC1(C)O[C@H]2[C@H](O1)[C@H](n1cnc(N)nc1=O)O[C@H]2CO. The summed E-state index contributed by atoms with van der Waals surface area (Å²) < 4.78 is 18.3. The van der Waals surface area contributed by atoms with E-state index in [0.29, 0.717) is 0 Å². The first-order valence-corrected chi connectivity index (χ1v) is 6.24. The molecule has 3 rings (SSSR count). The Bertz CT molecular complexity index is 574. The molecule has 0 bridgehead atoms. The lowest BCUT2D eigenvalue weighted by molar-refractivity contribution is -0.200. The quantitative estimate of drug-likeness (QED) is 0.682. The summed E-state index contributed by atoms with van der Waals surface area (Å²) >= 11 is 0. The van der Waals surface area contributed by atoms with Gasteiger partial charge in [-0.2, -0.15) is 4.98 Å². The first-order valence-electron chi connectivity index (χ1n) is 6.24. The molecule has 0 aliphatic carbocycles. The molecule has 0 aromatic carbocycles. The zero-order valence-electron chi connectivity index (χ0n) is 11.1. The predicted molar refractivity (Wildman–Crippen MR) is 65.5 cm³/mol. The molecule has 3 heterocycles. The number of anilines is 1. The molecule has 9 heteroatoms. The van der Waals surface area contributed by atoms with Gasteiger partial charge in [0.1, 0.15) is 24.6 Å². The van der Waals surface area contributed by atoms with Gasteiger partial charge >= 0.3 is 5.69 Å². The molecule has 2 fully saturated rings. The number of aliphatic hydroxyl groups excluding tert-OH is 1. The Morgan fingerprint density at radius 3 is 2.80 bits per heavy atom. The molecule has 3 N–H and O–H groups in total. The number of nitrogen functional groups attached to an aromatic ring is 1. The van der Waals surface area contributed by atoms with Gasteiger partial charge in [-0.25, -0.2) is 9.78 Å². The minimum Gasteiger partial charge on any atom is -0.394 e. The van der Waals surface area contributed by atoms with Crippen LogP contribution in [0.15, 0.2) is 11.1 Å². The van der Waals surface area contributed by atoms with Gasteiger partial charge in [-0.1, -0.05) is 0 Å². The number of hydrogen-bond acceptors (Lipinski definition) is 8. The molecule has 2 saturated heterocycles. The summed E-state index contributed by atoms with van der Waals surface area (Å²) in [5.41, 5.74) is 4.77. The molecular formula is C11H16N4O5. The molecule has 0 unspecified atom stereocenters. The Balaban J connectivity index is 1.96. The Hall–Kier alpha value is -1.55. The first-order chi connectivity index (χ1) is 9.41. The maximum Gasteiger partial charge on any atom is 0.354 e. The molecule has 9 nitrogen and oxygen atoms in total. The van der Waals surface area contributed by atoms with Crippen molar-refractivity contribution < 1.29 is 19.3 Å². The highest BCUT2D eigenvalue weighted by atomic mass is 16.8. The molecule has 4 atom stereocenters. The Morgan fingerprint density at radius 2 is 2.15 bits per heavy atom. The van der Waals surface area contributed by atoms with Crippen molar-refractivity contribution in [3.05, 3.63) is 16.8 Å². The number of ether oxygens (including phenoxy) is 3. The van der Waals surface area contributed by atoms with Crippen LogP contribution < -0.4 is 11.4 Å². The lowest BCUT2D eigenvalue weighted by Crippen LogP contribution is -2.35. The van der Waals surface area contributed by atoms with Crippen molar-refractivity contribution in [3.63, 3.8) is 0 Å². The minimum atomic E-state index is -0.803. The summed E-state index contributed by atoms with van der Waals surface area (Å²) in [6.45, 7) is 3.29. The highest BCUT2D eigenvalue weighted by Crippen LogP contribution is 2.42. The van der Waals surface area contributed by atoms with Crippen LogP contribution in [0.2, 0.25) is 0 Å². The molecule has 0 radical (unpaired) electrons. The number of aliphatic hydroxyl groups is 1. The smallest absolute Gasteiger partial charge is 0.354 e. The van der Waals surface area contributed by atoms with Gasteiger partial charge in [-0.3, -0.25) is 4.57 Å². The molecule has 0 saturated carbocycles. The van der Waals surface area contributed by atoms with Crippen LogP contribution in [0.1, 0.15) is 20.1 Å². The Labute approximate surface area is 114 Å². The van der Waals surface area contributed by atoms with Crippen LogP contribution in [-0.2, 0) is 14.2 Å². The van der Waals surface area contributed by atoms with E-state index >= 15 is 0 Å². The monoisotopic (exact) mass is 284 g/mol. The standard InChI is InChI=1S/C11H16N4O5/c1-11(2)19-6-5(3-16)18-8(7(6)20-11)15-4-13-9(12)14-10(15)17/h4-8,16H,3H2,1-2H3,(H2,12,14,17)/t5-,6+,7-,8+/m0/s1. The third-order valence-electron chi connectivity index (χ3n) is 3.32. The van der Waals surface area contributed by atoms with E-state index < -0.39 is 36.0 Å². The maximum atomic E-state index is 11.9.